The molecule has 1 fully saturated rings. The quantitative estimate of drug-likeness (QED) is 0.863. The highest BCUT2D eigenvalue weighted by Gasteiger charge is 2.25. The van der Waals surface area contributed by atoms with Crippen molar-refractivity contribution in [1.29, 1.82) is 0 Å². The molecule has 6 heteroatoms. The Labute approximate surface area is 137 Å². The van der Waals surface area contributed by atoms with Crippen LogP contribution in [0.25, 0.3) is 0 Å². The number of hydrogen-bond donors (Lipinski definition) is 1. The molecule has 1 saturated carbocycles. The van der Waals surface area contributed by atoms with E-state index in [1.165, 1.54) is 19.0 Å². The molecule has 3 rings (SSSR count). The maximum absolute atomic E-state index is 12.6. The third-order valence-electron chi connectivity index (χ3n) is 4.20. The van der Waals surface area contributed by atoms with Gasteiger partial charge in [0.2, 0.25) is 0 Å². The number of halogens is 2. The van der Waals surface area contributed by atoms with E-state index in [1.807, 2.05) is 26.0 Å². The minimum Gasteiger partial charge on any atom is -0.341 e. The van der Waals surface area contributed by atoms with Crippen LogP contribution in [-0.4, -0.2) is 19.9 Å². The largest absolute Gasteiger partial charge is 0.341 e. The molecule has 1 aromatic carbocycles. The lowest BCUT2D eigenvalue weighted by Gasteiger charge is -2.12. The van der Waals surface area contributed by atoms with Gasteiger partial charge < -0.3 is 4.98 Å². The van der Waals surface area contributed by atoms with E-state index in [2.05, 4.69) is 9.97 Å². The fourth-order valence-electron chi connectivity index (χ4n) is 2.68. The molecule has 0 bridgehead atoms. The van der Waals surface area contributed by atoms with E-state index >= 15 is 0 Å². The summed E-state index contributed by atoms with van der Waals surface area (Å²) < 4.78 is 37.7. The van der Waals surface area contributed by atoms with Gasteiger partial charge in [-0.2, -0.15) is 0 Å². The minimum atomic E-state index is -2.59. The highest BCUT2D eigenvalue weighted by molar-refractivity contribution is 7.85. The van der Waals surface area contributed by atoms with Gasteiger partial charge in [-0.3, -0.25) is 4.21 Å². The van der Waals surface area contributed by atoms with Crippen molar-refractivity contribution in [3.05, 3.63) is 46.5 Å². The Morgan fingerprint density at radius 1 is 1.30 bits per heavy atom. The number of aromatic amines is 1. The average molecular weight is 338 g/mol. The van der Waals surface area contributed by atoms with Crippen molar-refractivity contribution in [2.75, 3.05) is 5.75 Å². The van der Waals surface area contributed by atoms with Crippen LogP contribution in [0.2, 0.25) is 0 Å². The first-order valence-electron chi connectivity index (χ1n) is 7.74. The number of rotatable bonds is 6. The number of nitrogens with one attached hydrogen (secondary N) is 1. The van der Waals surface area contributed by atoms with Crippen molar-refractivity contribution >= 4 is 10.8 Å². The second-order valence-electron chi connectivity index (χ2n) is 6.27. The molecule has 1 atom stereocenters. The molecule has 1 N–H and O–H groups in total. The van der Waals surface area contributed by atoms with Gasteiger partial charge in [-0.05, 0) is 55.4 Å². The second kappa shape index (κ2) is 6.51. The van der Waals surface area contributed by atoms with Crippen LogP contribution in [0.5, 0.6) is 0 Å². The molecule has 1 unspecified atom stereocenters. The lowest BCUT2D eigenvalue weighted by atomic mass is 10.0. The van der Waals surface area contributed by atoms with E-state index in [1.54, 1.807) is 0 Å². The van der Waals surface area contributed by atoms with Gasteiger partial charge >= 0.3 is 0 Å². The number of hydrogen-bond acceptors (Lipinski definition) is 2. The maximum Gasteiger partial charge on any atom is 0.295 e. The Hall–Kier alpha value is -1.56. The molecule has 0 amide bonds. The fraction of sp³-hybridized carbons (Fsp3) is 0.471. The van der Waals surface area contributed by atoms with Crippen LogP contribution in [0, 0.1) is 19.8 Å². The molecular weight excluding hydrogens is 318 g/mol. The fourth-order valence-corrected chi connectivity index (χ4v) is 4.31. The third kappa shape index (κ3) is 3.86. The number of benzene rings is 1. The summed E-state index contributed by atoms with van der Waals surface area (Å²) in [7, 11) is -0.987. The van der Waals surface area contributed by atoms with Crippen molar-refractivity contribution in [1.82, 2.24) is 9.97 Å². The van der Waals surface area contributed by atoms with Crippen molar-refractivity contribution < 1.29 is 13.0 Å². The van der Waals surface area contributed by atoms with Gasteiger partial charge in [-0.15, -0.1) is 0 Å². The highest BCUT2D eigenvalue weighted by Crippen LogP contribution is 2.32. The molecule has 0 spiro atoms. The Bertz CT molecular complexity index is 738. The molecule has 1 aliphatic carbocycles. The van der Waals surface area contributed by atoms with Gasteiger partial charge in [-0.1, -0.05) is 6.07 Å². The number of aryl methyl sites for hydroxylation is 2. The number of nitrogens with zero attached hydrogens (tertiary/aromatic N) is 1. The molecule has 1 aromatic heterocycles. The summed E-state index contributed by atoms with van der Waals surface area (Å²) in [6, 6.07) is 3.99. The Balaban J connectivity index is 1.84. The van der Waals surface area contributed by atoms with Crippen molar-refractivity contribution in [2.24, 2.45) is 5.92 Å². The monoisotopic (exact) mass is 338 g/mol. The van der Waals surface area contributed by atoms with Crippen LogP contribution in [0.15, 0.2) is 23.2 Å². The summed E-state index contributed by atoms with van der Waals surface area (Å²) in [4.78, 5) is 7.22. The van der Waals surface area contributed by atoms with Gasteiger partial charge in [0.05, 0.1) is 10.8 Å². The Kier molecular flexibility index (Phi) is 4.62. The zero-order valence-corrected chi connectivity index (χ0v) is 14.1. The normalized spacial score (nSPS) is 16.0. The van der Waals surface area contributed by atoms with Crippen molar-refractivity contribution in [3.63, 3.8) is 0 Å². The number of H-pyrrole nitrogens is 1. The molecule has 124 valence electrons. The van der Waals surface area contributed by atoms with E-state index in [0.717, 1.165) is 27.3 Å². The third-order valence-corrected chi connectivity index (χ3v) is 5.90. The van der Waals surface area contributed by atoms with Crippen molar-refractivity contribution in [3.8, 4) is 0 Å². The lowest BCUT2D eigenvalue weighted by Crippen LogP contribution is -2.04. The van der Waals surface area contributed by atoms with Gasteiger partial charge in [0.1, 0.15) is 0 Å². The standard InChI is InChI=1S/C17H20F2N2OS/c1-10-5-11(2)15(23(22)9-12-3-4-12)7-13(10)6-14-8-20-17(21-14)16(18)19/h5,7-8,12,16H,3-4,6,9H2,1-2H3,(H,20,21). The summed E-state index contributed by atoms with van der Waals surface area (Å²) in [5, 5.41) is 0. The van der Waals surface area contributed by atoms with Gasteiger partial charge in [0.25, 0.3) is 6.43 Å². The summed E-state index contributed by atoms with van der Waals surface area (Å²) in [5.41, 5.74) is 3.75. The molecular formula is C17H20F2N2OS. The SMILES string of the molecule is Cc1cc(C)c(S(=O)CC2CC2)cc1Cc1cnc(C(F)F)[nH]1. The maximum atomic E-state index is 12.6. The van der Waals surface area contributed by atoms with Crippen LogP contribution in [-0.2, 0) is 17.2 Å². The smallest absolute Gasteiger partial charge is 0.295 e. The van der Waals surface area contributed by atoms with Gasteiger partial charge in [0.15, 0.2) is 5.82 Å². The van der Waals surface area contributed by atoms with Crippen LogP contribution >= 0.6 is 0 Å². The van der Waals surface area contributed by atoms with Crippen LogP contribution in [0.4, 0.5) is 8.78 Å². The molecule has 23 heavy (non-hydrogen) atoms. The van der Waals surface area contributed by atoms with E-state index < -0.39 is 17.2 Å². The zero-order chi connectivity index (χ0) is 16.6. The summed E-state index contributed by atoms with van der Waals surface area (Å²) in [5.74, 6) is 1.02. The highest BCUT2D eigenvalue weighted by atomic mass is 32.2. The van der Waals surface area contributed by atoms with Gasteiger partial charge in [0, 0.05) is 29.0 Å². The number of aromatic nitrogens is 2. The van der Waals surface area contributed by atoms with Crippen LogP contribution in [0.3, 0.4) is 0 Å². The first-order valence-corrected chi connectivity index (χ1v) is 9.06. The first kappa shape index (κ1) is 16.3. The van der Waals surface area contributed by atoms with Crippen molar-refractivity contribution in [2.45, 2.75) is 44.4 Å². The van der Waals surface area contributed by atoms with E-state index in [0.29, 0.717) is 18.0 Å². The molecule has 3 nitrogen and oxygen atoms in total. The molecule has 0 saturated heterocycles. The average Bonchev–Trinajstić information content (AvgIpc) is 3.16. The van der Waals surface area contributed by atoms with E-state index in [4.69, 9.17) is 0 Å². The van der Waals surface area contributed by atoms with Crippen LogP contribution < -0.4 is 0 Å². The lowest BCUT2D eigenvalue weighted by molar-refractivity contribution is 0.141. The summed E-state index contributed by atoms with van der Waals surface area (Å²) in [6.07, 6.45) is 1.69. The molecule has 0 aliphatic heterocycles. The minimum absolute atomic E-state index is 0.303. The van der Waals surface area contributed by atoms with Crippen LogP contribution in [0.1, 0.15) is 47.5 Å². The predicted octanol–water partition coefficient (Wildman–Crippen LogP) is 4.07. The molecule has 1 aliphatic rings. The topological polar surface area (TPSA) is 45.8 Å². The predicted molar refractivity (Wildman–Crippen MR) is 86.3 cm³/mol. The Morgan fingerprint density at radius 2 is 2.04 bits per heavy atom. The zero-order valence-electron chi connectivity index (χ0n) is 13.2. The van der Waals surface area contributed by atoms with E-state index in [-0.39, 0.29) is 5.82 Å². The summed E-state index contributed by atoms with van der Waals surface area (Å²) in [6.45, 7) is 3.96. The molecule has 0 radical (unpaired) electrons. The number of alkyl halides is 2. The number of imidazole rings is 1. The second-order valence-corrected chi connectivity index (χ2v) is 7.74. The van der Waals surface area contributed by atoms with Gasteiger partial charge in [-0.25, -0.2) is 13.8 Å². The summed E-state index contributed by atoms with van der Waals surface area (Å²) >= 11 is 0. The molecule has 2 aromatic rings. The Morgan fingerprint density at radius 3 is 2.65 bits per heavy atom. The van der Waals surface area contributed by atoms with E-state index in [9.17, 15) is 13.0 Å². The molecule has 1 heterocycles. The first-order chi connectivity index (χ1) is 10.9.